The minimum absolute atomic E-state index is 0.0666. The lowest BCUT2D eigenvalue weighted by molar-refractivity contribution is -0.150. The number of carbonyl (C=O) groups is 2. The molecule has 0 aromatic rings. The van der Waals surface area contributed by atoms with Crippen molar-refractivity contribution in [2.45, 2.75) is 6.42 Å². The summed E-state index contributed by atoms with van der Waals surface area (Å²) in [7, 11) is 1.30. The molecular weight excluding hydrogens is 146 g/mol. The molecule has 4 heteroatoms. The Morgan fingerprint density at radius 2 is 2.45 bits per heavy atom. The average Bonchev–Trinajstić information content (AvgIpc) is 2.04. The number of ketones is 1. The van der Waals surface area contributed by atoms with Gasteiger partial charge in [0.1, 0.15) is 5.92 Å². The second kappa shape index (κ2) is 3.48. The smallest absolute Gasteiger partial charge is 0.316 e. The fraction of sp³-hybridized carbons (Fsp3) is 0.714. The standard InChI is InChI=1S/C7H11NO3/c1-11-7(10)5-2-3-8-4-6(5)9/h5,8H,2-4H2,1H3. The quantitative estimate of drug-likeness (QED) is 0.405. The van der Waals surface area contributed by atoms with Crippen LogP contribution in [0.4, 0.5) is 0 Å². The van der Waals surface area contributed by atoms with Crippen LogP contribution in [0.15, 0.2) is 0 Å². The van der Waals surface area contributed by atoms with Gasteiger partial charge in [0.25, 0.3) is 0 Å². The van der Waals surface area contributed by atoms with Crippen LogP contribution in [0.25, 0.3) is 0 Å². The van der Waals surface area contributed by atoms with Gasteiger partial charge in [-0.1, -0.05) is 0 Å². The lowest BCUT2D eigenvalue weighted by Gasteiger charge is -2.18. The van der Waals surface area contributed by atoms with Crippen molar-refractivity contribution in [2.75, 3.05) is 20.2 Å². The summed E-state index contributed by atoms with van der Waals surface area (Å²) in [6.45, 7) is 1.01. The number of carbonyl (C=O) groups excluding carboxylic acids is 2. The van der Waals surface area contributed by atoms with Gasteiger partial charge in [-0.05, 0) is 13.0 Å². The SMILES string of the molecule is COC(=O)C1CCNCC1=O. The molecule has 0 bridgehead atoms. The van der Waals surface area contributed by atoms with E-state index < -0.39 is 11.9 Å². The monoisotopic (exact) mass is 157 g/mol. The number of hydrogen-bond acceptors (Lipinski definition) is 4. The second-order valence-electron chi connectivity index (χ2n) is 2.51. The maximum absolute atomic E-state index is 11.0. The van der Waals surface area contributed by atoms with E-state index in [0.29, 0.717) is 19.5 Å². The van der Waals surface area contributed by atoms with Crippen molar-refractivity contribution in [3.8, 4) is 0 Å². The number of piperidine rings is 1. The molecule has 0 saturated carbocycles. The predicted octanol–water partition coefficient (Wildman–Crippen LogP) is -0.662. The Hall–Kier alpha value is -0.900. The maximum Gasteiger partial charge on any atom is 0.316 e. The Kier molecular flexibility index (Phi) is 2.59. The molecule has 0 amide bonds. The van der Waals surface area contributed by atoms with Gasteiger partial charge >= 0.3 is 5.97 Å². The number of Topliss-reactive ketones (excluding diaryl/α,β-unsaturated/α-hetero) is 1. The molecule has 1 N–H and O–H groups in total. The number of hydrogen-bond donors (Lipinski definition) is 1. The Bertz CT molecular complexity index is 171. The van der Waals surface area contributed by atoms with Gasteiger partial charge < -0.3 is 10.1 Å². The molecule has 62 valence electrons. The Morgan fingerprint density at radius 3 is 3.00 bits per heavy atom. The summed E-state index contributed by atoms with van der Waals surface area (Å²) in [5.41, 5.74) is 0. The second-order valence-corrected chi connectivity index (χ2v) is 2.51. The fourth-order valence-electron chi connectivity index (χ4n) is 1.13. The molecule has 1 atom stereocenters. The van der Waals surface area contributed by atoms with Gasteiger partial charge in [-0.2, -0.15) is 0 Å². The van der Waals surface area contributed by atoms with Crippen molar-refractivity contribution in [1.82, 2.24) is 5.32 Å². The van der Waals surface area contributed by atoms with E-state index in [1.54, 1.807) is 0 Å². The molecule has 1 fully saturated rings. The topological polar surface area (TPSA) is 55.4 Å². The highest BCUT2D eigenvalue weighted by atomic mass is 16.5. The third kappa shape index (κ3) is 1.77. The summed E-state index contributed by atoms with van der Waals surface area (Å²) in [4.78, 5) is 21.9. The van der Waals surface area contributed by atoms with Crippen LogP contribution in [0.5, 0.6) is 0 Å². The zero-order valence-corrected chi connectivity index (χ0v) is 6.42. The van der Waals surface area contributed by atoms with E-state index >= 15 is 0 Å². The van der Waals surface area contributed by atoms with E-state index in [2.05, 4.69) is 10.1 Å². The van der Waals surface area contributed by atoms with E-state index in [1.807, 2.05) is 0 Å². The van der Waals surface area contributed by atoms with Crippen LogP contribution < -0.4 is 5.32 Å². The molecule has 0 spiro atoms. The molecule has 0 radical (unpaired) electrons. The highest BCUT2D eigenvalue weighted by Gasteiger charge is 2.29. The summed E-state index contributed by atoms with van der Waals surface area (Å²) in [5, 5.41) is 2.89. The molecule has 1 aliphatic heterocycles. The number of rotatable bonds is 1. The van der Waals surface area contributed by atoms with Crippen molar-refractivity contribution in [3.05, 3.63) is 0 Å². The number of methoxy groups -OCH3 is 1. The summed E-state index contributed by atoms with van der Waals surface area (Å²) < 4.78 is 4.47. The molecule has 1 heterocycles. The maximum atomic E-state index is 11.0. The molecule has 0 aliphatic carbocycles. The van der Waals surface area contributed by atoms with E-state index in [-0.39, 0.29) is 5.78 Å². The van der Waals surface area contributed by atoms with Gasteiger partial charge in [0.15, 0.2) is 5.78 Å². The number of ether oxygens (including phenoxy) is 1. The average molecular weight is 157 g/mol. The lowest BCUT2D eigenvalue weighted by Crippen LogP contribution is -2.40. The molecule has 0 aromatic carbocycles. The van der Waals surface area contributed by atoms with E-state index in [4.69, 9.17) is 0 Å². The lowest BCUT2D eigenvalue weighted by atomic mass is 9.97. The summed E-state index contributed by atoms with van der Waals surface area (Å²) in [6.07, 6.45) is 0.561. The Morgan fingerprint density at radius 1 is 1.73 bits per heavy atom. The fourth-order valence-corrected chi connectivity index (χ4v) is 1.13. The van der Waals surface area contributed by atoms with Gasteiger partial charge in [0.05, 0.1) is 13.7 Å². The first-order valence-corrected chi connectivity index (χ1v) is 3.57. The molecule has 1 aliphatic rings. The van der Waals surface area contributed by atoms with E-state index in [1.165, 1.54) is 7.11 Å². The van der Waals surface area contributed by atoms with Crippen LogP contribution in [-0.2, 0) is 14.3 Å². The third-order valence-corrected chi connectivity index (χ3v) is 1.78. The molecule has 4 nitrogen and oxygen atoms in total. The van der Waals surface area contributed by atoms with Crippen LogP contribution in [0, 0.1) is 5.92 Å². The molecule has 1 unspecified atom stereocenters. The van der Waals surface area contributed by atoms with Crippen LogP contribution >= 0.6 is 0 Å². The predicted molar refractivity (Wildman–Crippen MR) is 38.0 cm³/mol. The van der Waals surface area contributed by atoms with Crippen LogP contribution in [0.1, 0.15) is 6.42 Å². The van der Waals surface area contributed by atoms with E-state index in [0.717, 1.165) is 0 Å². The van der Waals surface area contributed by atoms with Crippen LogP contribution in [-0.4, -0.2) is 32.0 Å². The van der Waals surface area contributed by atoms with Crippen molar-refractivity contribution in [1.29, 1.82) is 0 Å². The van der Waals surface area contributed by atoms with Crippen molar-refractivity contribution in [3.63, 3.8) is 0 Å². The first kappa shape index (κ1) is 8.20. The zero-order valence-electron chi connectivity index (χ0n) is 6.42. The molecule has 1 rings (SSSR count). The van der Waals surface area contributed by atoms with Gasteiger partial charge in [-0.25, -0.2) is 0 Å². The molecular formula is C7H11NO3. The summed E-state index contributed by atoms with van der Waals surface area (Å²) >= 11 is 0. The minimum Gasteiger partial charge on any atom is -0.468 e. The molecule has 0 aromatic heterocycles. The van der Waals surface area contributed by atoms with Gasteiger partial charge in [0, 0.05) is 0 Å². The van der Waals surface area contributed by atoms with Crippen molar-refractivity contribution >= 4 is 11.8 Å². The zero-order chi connectivity index (χ0) is 8.27. The first-order valence-electron chi connectivity index (χ1n) is 3.57. The normalized spacial score (nSPS) is 24.8. The minimum atomic E-state index is -0.527. The van der Waals surface area contributed by atoms with Gasteiger partial charge in [0.2, 0.25) is 0 Å². The van der Waals surface area contributed by atoms with Gasteiger partial charge in [-0.15, -0.1) is 0 Å². The highest BCUT2D eigenvalue weighted by Crippen LogP contribution is 2.09. The third-order valence-electron chi connectivity index (χ3n) is 1.78. The largest absolute Gasteiger partial charge is 0.468 e. The van der Waals surface area contributed by atoms with Crippen molar-refractivity contribution in [2.24, 2.45) is 5.92 Å². The Balaban J connectivity index is 2.54. The van der Waals surface area contributed by atoms with Crippen LogP contribution in [0.2, 0.25) is 0 Å². The number of nitrogens with one attached hydrogen (secondary N) is 1. The Labute approximate surface area is 64.9 Å². The van der Waals surface area contributed by atoms with Crippen LogP contribution in [0.3, 0.4) is 0 Å². The van der Waals surface area contributed by atoms with Gasteiger partial charge in [-0.3, -0.25) is 9.59 Å². The van der Waals surface area contributed by atoms with E-state index in [9.17, 15) is 9.59 Å². The molecule has 1 saturated heterocycles. The number of esters is 1. The first-order chi connectivity index (χ1) is 5.25. The highest BCUT2D eigenvalue weighted by molar-refractivity contribution is 6.00. The summed E-state index contributed by atoms with van der Waals surface area (Å²) in [5.74, 6) is -0.999. The summed E-state index contributed by atoms with van der Waals surface area (Å²) in [6, 6.07) is 0. The van der Waals surface area contributed by atoms with Crippen molar-refractivity contribution < 1.29 is 14.3 Å². The molecule has 11 heavy (non-hydrogen) atoms.